The van der Waals surface area contributed by atoms with E-state index in [1.54, 1.807) is 11.8 Å². The molecule has 1 aromatic heterocycles. The Hall–Kier alpha value is -0.970. The molecule has 0 aromatic carbocycles. The van der Waals surface area contributed by atoms with Crippen molar-refractivity contribution in [3.05, 3.63) is 11.8 Å². The zero-order chi connectivity index (χ0) is 10.6. The Bertz CT molecular complexity index is 283. The summed E-state index contributed by atoms with van der Waals surface area (Å²) in [6.45, 7) is 4.02. The summed E-state index contributed by atoms with van der Waals surface area (Å²) in [7, 11) is 0. The lowest BCUT2D eigenvalue weighted by atomic mass is 10.3. The van der Waals surface area contributed by atoms with Gasteiger partial charge in [-0.1, -0.05) is 0 Å². The van der Waals surface area contributed by atoms with Crippen molar-refractivity contribution in [1.82, 2.24) is 9.97 Å². The lowest BCUT2D eigenvalue weighted by Crippen LogP contribution is -2.19. The van der Waals surface area contributed by atoms with Crippen LogP contribution in [0.3, 0.4) is 0 Å². The highest BCUT2D eigenvalue weighted by atomic mass is 32.2. The van der Waals surface area contributed by atoms with Gasteiger partial charge >= 0.3 is 0 Å². The first kappa shape index (κ1) is 11.1. The molecule has 3 N–H and O–H groups in total. The van der Waals surface area contributed by atoms with Crippen molar-refractivity contribution in [3.8, 4) is 0 Å². The Morgan fingerprint density at radius 3 is 2.86 bits per heavy atom. The van der Waals surface area contributed by atoms with Crippen molar-refractivity contribution in [2.75, 3.05) is 23.1 Å². The summed E-state index contributed by atoms with van der Waals surface area (Å²) in [5.41, 5.74) is 6.43. The maximum atomic E-state index is 5.54. The second-order valence-electron chi connectivity index (χ2n) is 3.25. The van der Waals surface area contributed by atoms with E-state index in [0.717, 1.165) is 17.3 Å². The van der Waals surface area contributed by atoms with Crippen LogP contribution in [0.1, 0.15) is 12.6 Å². The number of thioether (sulfide) groups is 1. The molecule has 0 saturated heterocycles. The predicted octanol–water partition coefficient (Wildman–Crippen LogP) is 1.53. The molecule has 0 aliphatic rings. The third-order valence-corrected chi connectivity index (χ3v) is 2.52. The summed E-state index contributed by atoms with van der Waals surface area (Å²) in [5.74, 6) is 2.17. The van der Waals surface area contributed by atoms with E-state index in [2.05, 4.69) is 28.5 Å². The molecule has 0 fully saturated rings. The van der Waals surface area contributed by atoms with Crippen LogP contribution in [0.25, 0.3) is 0 Å². The minimum Gasteiger partial charge on any atom is -0.368 e. The summed E-state index contributed by atoms with van der Waals surface area (Å²) in [4.78, 5) is 8.11. The topological polar surface area (TPSA) is 63.8 Å². The van der Waals surface area contributed by atoms with Crippen LogP contribution in [0, 0.1) is 6.92 Å². The Morgan fingerprint density at radius 1 is 1.57 bits per heavy atom. The number of rotatable bonds is 4. The van der Waals surface area contributed by atoms with Crippen molar-refractivity contribution in [2.45, 2.75) is 19.9 Å². The van der Waals surface area contributed by atoms with E-state index in [9.17, 15) is 0 Å². The highest BCUT2D eigenvalue weighted by Crippen LogP contribution is 2.09. The second kappa shape index (κ2) is 5.05. The van der Waals surface area contributed by atoms with Crippen LogP contribution in [0.2, 0.25) is 0 Å². The van der Waals surface area contributed by atoms with Gasteiger partial charge in [0.25, 0.3) is 0 Å². The molecule has 1 rings (SSSR count). The lowest BCUT2D eigenvalue weighted by Gasteiger charge is -2.13. The van der Waals surface area contributed by atoms with Crippen LogP contribution in [-0.2, 0) is 0 Å². The third-order valence-electron chi connectivity index (χ3n) is 1.68. The Balaban J connectivity index is 2.66. The number of nitrogens with two attached hydrogens (primary N) is 1. The highest BCUT2D eigenvalue weighted by molar-refractivity contribution is 7.98. The van der Waals surface area contributed by atoms with Gasteiger partial charge in [0.05, 0.1) is 0 Å². The average Bonchev–Trinajstić information content (AvgIpc) is 2.01. The molecule has 1 unspecified atom stereocenters. The number of nitrogens with one attached hydrogen (secondary N) is 1. The SMILES string of the molecule is CSCC(C)Nc1cc(C)nc(N)n1. The summed E-state index contributed by atoms with van der Waals surface area (Å²) >= 11 is 1.80. The highest BCUT2D eigenvalue weighted by Gasteiger charge is 2.03. The van der Waals surface area contributed by atoms with Gasteiger partial charge in [0.15, 0.2) is 0 Å². The first-order valence-corrected chi connectivity index (χ1v) is 5.88. The van der Waals surface area contributed by atoms with E-state index in [0.29, 0.717) is 12.0 Å². The molecule has 14 heavy (non-hydrogen) atoms. The largest absolute Gasteiger partial charge is 0.368 e. The van der Waals surface area contributed by atoms with Crippen LogP contribution in [0.5, 0.6) is 0 Å². The fourth-order valence-corrected chi connectivity index (χ4v) is 1.79. The van der Waals surface area contributed by atoms with Gasteiger partial charge in [-0.3, -0.25) is 0 Å². The number of nitrogens with zero attached hydrogens (tertiary/aromatic N) is 2. The van der Waals surface area contributed by atoms with E-state index < -0.39 is 0 Å². The molecule has 0 aliphatic heterocycles. The fourth-order valence-electron chi connectivity index (χ4n) is 1.21. The molecule has 1 aromatic rings. The quantitative estimate of drug-likeness (QED) is 0.792. The van der Waals surface area contributed by atoms with E-state index in [1.807, 2.05) is 13.0 Å². The minimum atomic E-state index is 0.323. The van der Waals surface area contributed by atoms with Crippen LogP contribution in [0.15, 0.2) is 6.07 Å². The number of aromatic nitrogens is 2. The smallest absolute Gasteiger partial charge is 0.222 e. The lowest BCUT2D eigenvalue weighted by molar-refractivity contribution is 0.899. The fraction of sp³-hybridized carbons (Fsp3) is 0.556. The van der Waals surface area contributed by atoms with Gasteiger partial charge in [0, 0.05) is 23.6 Å². The Labute approximate surface area is 88.7 Å². The van der Waals surface area contributed by atoms with Crippen molar-refractivity contribution >= 4 is 23.5 Å². The number of aryl methyl sites for hydroxylation is 1. The number of hydrogen-bond acceptors (Lipinski definition) is 5. The second-order valence-corrected chi connectivity index (χ2v) is 4.16. The van der Waals surface area contributed by atoms with Gasteiger partial charge in [0.1, 0.15) is 5.82 Å². The van der Waals surface area contributed by atoms with Crippen molar-refractivity contribution in [1.29, 1.82) is 0 Å². The summed E-state index contributed by atoms with van der Waals surface area (Å²) in [5, 5.41) is 3.27. The van der Waals surface area contributed by atoms with Gasteiger partial charge < -0.3 is 11.1 Å². The Morgan fingerprint density at radius 2 is 2.29 bits per heavy atom. The van der Waals surface area contributed by atoms with Crippen LogP contribution >= 0.6 is 11.8 Å². The molecule has 1 atom stereocenters. The van der Waals surface area contributed by atoms with Gasteiger partial charge in [-0.2, -0.15) is 16.7 Å². The Kier molecular flexibility index (Phi) is 4.00. The zero-order valence-electron chi connectivity index (χ0n) is 8.74. The molecule has 0 spiro atoms. The summed E-state index contributed by atoms with van der Waals surface area (Å²) < 4.78 is 0. The maximum Gasteiger partial charge on any atom is 0.222 e. The standard InChI is InChI=1S/C9H16N4S/c1-6-4-8(13-9(10)12-6)11-7(2)5-14-3/h4,7H,5H2,1-3H3,(H3,10,11,12,13). The van der Waals surface area contributed by atoms with Crippen LogP contribution in [-0.4, -0.2) is 28.0 Å². The molecule has 1 heterocycles. The number of nitrogen functional groups attached to an aromatic ring is 1. The van der Waals surface area contributed by atoms with E-state index >= 15 is 0 Å². The van der Waals surface area contributed by atoms with E-state index in [4.69, 9.17) is 5.73 Å². The number of hydrogen-bond donors (Lipinski definition) is 2. The molecular formula is C9H16N4S. The number of anilines is 2. The normalized spacial score (nSPS) is 12.5. The summed E-state index contributed by atoms with van der Waals surface area (Å²) in [6.07, 6.45) is 2.08. The maximum absolute atomic E-state index is 5.54. The first-order valence-electron chi connectivity index (χ1n) is 4.48. The van der Waals surface area contributed by atoms with E-state index in [1.165, 1.54) is 0 Å². The molecule has 0 saturated carbocycles. The van der Waals surface area contributed by atoms with Crippen molar-refractivity contribution in [2.24, 2.45) is 0 Å². The summed E-state index contributed by atoms with van der Waals surface area (Å²) in [6, 6.07) is 2.28. The van der Waals surface area contributed by atoms with Gasteiger partial charge in [0.2, 0.25) is 5.95 Å². The predicted molar refractivity (Wildman–Crippen MR) is 62.6 cm³/mol. The average molecular weight is 212 g/mol. The minimum absolute atomic E-state index is 0.323. The van der Waals surface area contributed by atoms with Gasteiger partial charge in [-0.15, -0.1) is 0 Å². The van der Waals surface area contributed by atoms with Gasteiger partial charge in [-0.05, 0) is 20.1 Å². The van der Waals surface area contributed by atoms with Crippen molar-refractivity contribution < 1.29 is 0 Å². The van der Waals surface area contributed by atoms with Gasteiger partial charge in [-0.25, -0.2) is 4.98 Å². The monoisotopic (exact) mass is 212 g/mol. The molecular weight excluding hydrogens is 196 g/mol. The first-order chi connectivity index (χ1) is 6.61. The van der Waals surface area contributed by atoms with Crippen LogP contribution in [0.4, 0.5) is 11.8 Å². The molecule has 0 amide bonds. The molecule has 5 heteroatoms. The molecule has 0 radical (unpaired) electrons. The van der Waals surface area contributed by atoms with E-state index in [-0.39, 0.29) is 0 Å². The molecule has 4 nitrogen and oxygen atoms in total. The van der Waals surface area contributed by atoms with Crippen molar-refractivity contribution in [3.63, 3.8) is 0 Å². The molecule has 0 bridgehead atoms. The van der Waals surface area contributed by atoms with Crippen LogP contribution < -0.4 is 11.1 Å². The molecule has 78 valence electrons. The third kappa shape index (κ3) is 3.41. The zero-order valence-corrected chi connectivity index (χ0v) is 9.56. The molecule has 0 aliphatic carbocycles.